The highest BCUT2D eigenvalue weighted by molar-refractivity contribution is 6.15. The largest absolute Gasteiger partial charge is 0.462 e. The summed E-state index contributed by atoms with van der Waals surface area (Å²) >= 11 is 0. The van der Waals surface area contributed by atoms with Crippen LogP contribution < -0.4 is 15.5 Å². The zero-order valence-electron chi connectivity index (χ0n) is 17.4. The number of nitrogens with one attached hydrogen (secondary N) is 2. The van der Waals surface area contributed by atoms with E-state index in [1.807, 2.05) is 31.1 Å². The van der Waals surface area contributed by atoms with Gasteiger partial charge in [0.1, 0.15) is 5.41 Å². The van der Waals surface area contributed by atoms with E-state index in [-0.39, 0.29) is 12.2 Å². The van der Waals surface area contributed by atoms with Crippen LogP contribution in [0.3, 0.4) is 0 Å². The number of carbonyl (C=O) groups excluding carboxylic acids is 3. The molecule has 2 aromatic rings. The van der Waals surface area contributed by atoms with Gasteiger partial charge >= 0.3 is 5.97 Å². The van der Waals surface area contributed by atoms with Gasteiger partial charge in [-0.15, -0.1) is 0 Å². The SMILES string of the molecule is CCOC(=O)c1ccccc1NC(=O)C(C)(C)C(=O)Nc1ccc(N(C)C)cc1. The number of hydrogen-bond donors (Lipinski definition) is 2. The Morgan fingerprint density at radius 1 is 0.931 bits per heavy atom. The number of benzene rings is 2. The quantitative estimate of drug-likeness (QED) is 0.551. The number of hydrogen-bond acceptors (Lipinski definition) is 5. The molecule has 0 aromatic heterocycles. The van der Waals surface area contributed by atoms with Crippen molar-refractivity contribution in [3.63, 3.8) is 0 Å². The Bertz CT molecular complexity index is 889. The smallest absolute Gasteiger partial charge is 0.340 e. The second-order valence-electron chi connectivity index (χ2n) is 7.24. The molecule has 0 unspecified atom stereocenters. The van der Waals surface area contributed by atoms with E-state index >= 15 is 0 Å². The molecule has 0 saturated heterocycles. The maximum atomic E-state index is 12.8. The van der Waals surface area contributed by atoms with Crippen molar-refractivity contribution in [3.05, 3.63) is 54.1 Å². The van der Waals surface area contributed by atoms with Crippen molar-refractivity contribution in [1.82, 2.24) is 0 Å². The van der Waals surface area contributed by atoms with Crippen molar-refractivity contribution < 1.29 is 19.1 Å². The number of esters is 1. The van der Waals surface area contributed by atoms with Crippen LogP contribution in [0.15, 0.2) is 48.5 Å². The molecule has 0 spiro atoms. The summed E-state index contributed by atoms with van der Waals surface area (Å²) < 4.78 is 5.02. The van der Waals surface area contributed by atoms with Gasteiger partial charge < -0.3 is 20.3 Å². The van der Waals surface area contributed by atoms with Crippen LogP contribution in [0, 0.1) is 5.41 Å². The summed E-state index contributed by atoms with van der Waals surface area (Å²) in [5.41, 5.74) is 0.747. The summed E-state index contributed by atoms with van der Waals surface area (Å²) in [6, 6.07) is 13.8. The minimum atomic E-state index is -1.37. The van der Waals surface area contributed by atoms with Crippen molar-refractivity contribution in [3.8, 4) is 0 Å². The van der Waals surface area contributed by atoms with Crippen LogP contribution in [-0.2, 0) is 14.3 Å². The molecule has 29 heavy (non-hydrogen) atoms. The highest BCUT2D eigenvalue weighted by Crippen LogP contribution is 2.24. The number of ether oxygens (including phenoxy) is 1. The Balaban J connectivity index is 2.13. The fourth-order valence-electron chi connectivity index (χ4n) is 2.49. The minimum absolute atomic E-state index is 0.224. The van der Waals surface area contributed by atoms with Gasteiger partial charge in [0, 0.05) is 25.5 Å². The predicted molar refractivity (Wildman–Crippen MR) is 114 cm³/mol. The Labute approximate surface area is 171 Å². The summed E-state index contributed by atoms with van der Waals surface area (Å²) in [6.45, 7) is 4.98. The molecule has 2 aromatic carbocycles. The zero-order valence-corrected chi connectivity index (χ0v) is 17.4. The lowest BCUT2D eigenvalue weighted by atomic mass is 9.90. The molecule has 0 saturated carbocycles. The van der Waals surface area contributed by atoms with E-state index in [9.17, 15) is 14.4 Å². The van der Waals surface area contributed by atoms with Crippen LogP contribution in [0.1, 0.15) is 31.1 Å². The van der Waals surface area contributed by atoms with E-state index in [2.05, 4.69) is 10.6 Å². The normalized spacial score (nSPS) is 10.8. The van der Waals surface area contributed by atoms with E-state index in [4.69, 9.17) is 4.74 Å². The first-order chi connectivity index (χ1) is 13.7. The first kappa shape index (κ1) is 21.9. The van der Waals surface area contributed by atoms with Crippen LogP contribution in [0.5, 0.6) is 0 Å². The van der Waals surface area contributed by atoms with Crippen LogP contribution in [-0.4, -0.2) is 38.5 Å². The maximum absolute atomic E-state index is 12.8. The molecular formula is C22H27N3O4. The highest BCUT2D eigenvalue weighted by Gasteiger charge is 2.36. The monoisotopic (exact) mass is 397 g/mol. The molecule has 7 heteroatoms. The van der Waals surface area contributed by atoms with E-state index in [0.717, 1.165) is 5.69 Å². The molecule has 0 heterocycles. The number of nitrogens with zero attached hydrogens (tertiary/aromatic N) is 1. The molecular weight excluding hydrogens is 370 g/mol. The summed E-state index contributed by atoms with van der Waals surface area (Å²) in [5, 5.41) is 5.44. The molecule has 154 valence electrons. The molecule has 2 rings (SSSR count). The van der Waals surface area contributed by atoms with Gasteiger partial charge in [0.05, 0.1) is 17.9 Å². The topological polar surface area (TPSA) is 87.7 Å². The molecule has 2 amide bonds. The second-order valence-corrected chi connectivity index (χ2v) is 7.24. The van der Waals surface area contributed by atoms with Gasteiger partial charge in [-0.1, -0.05) is 12.1 Å². The molecule has 2 N–H and O–H groups in total. The summed E-state index contributed by atoms with van der Waals surface area (Å²) in [6.07, 6.45) is 0. The number of amides is 2. The van der Waals surface area contributed by atoms with Gasteiger partial charge in [0.25, 0.3) is 0 Å². The van der Waals surface area contributed by atoms with E-state index in [1.165, 1.54) is 13.8 Å². The van der Waals surface area contributed by atoms with Gasteiger partial charge in [-0.2, -0.15) is 0 Å². The van der Waals surface area contributed by atoms with Crippen molar-refractivity contribution in [2.45, 2.75) is 20.8 Å². The second kappa shape index (κ2) is 9.23. The fourth-order valence-corrected chi connectivity index (χ4v) is 2.49. The lowest BCUT2D eigenvalue weighted by Gasteiger charge is -2.23. The fraction of sp³-hybridized carbons (Fsp3) is 0.318. The van der Waals surface area contributed by atoms with Gasteiger partial charge in [0.15, 0.2) is 0 Å². The zero-order chi connectivity index (χ0) is 21.6. The van der Waals surface area contributed by atoms with Crippen LogP contribution in [0.2, 0.25) is 0 Å². The first-order valence-electron chi connectivity index (χ1n) is 9.33. The van der Waals surface area contributed by atoms with Gasteiger partial charge in [0.2, 0.25) is 11.8 Å². The van der Waals surface area contributed by atoms with Crippen molar-refractivity contribution in [2.24, 2.45) is 5.41 Å². The van der Waals surface area contributed by atoms with Gasteiger partial charge in [-0.3, -0.25) is 9.59 Å². The average molecular weight is 397 g/mol. The lowest BCUT2D eigenvalue weighted by Crippen LogP contribution is -2.41. The molecule has 0 bridgehead atoms. The van der Waals surface area contributed by atoms with Gasteiger partial charge in [-0.25, -0.2) is 4.79 Å². The third kappa shape index (κ3) is 5.34. The molecule has 0 fully saturated rings. The molecule has 0 aliphatic heterocycles. The van der Waals surface area contributed by atoms with Crippen LogP contribution >= 0.6 is 0 Å². The number of carbonyl (C=O) groups is 3. The Hall–Kier alpha value is -3.35. The summed E-state index contributed by atoms with van der Waals surface area (Å²) in [7, 11) is 3.85. The standard InChI is InChI=1S/C22H27N3O4/c1-6-29-19(26)17-9-7-8-10-18(17)24-21(28)22(2,3)20(27)23-15-11-13-16(14-12-15)25(4)5/h7-14H,6H2,1-5H3,(H,23,27)(H,24,28). The van der Waals surface area contributed by atoms with Gasteiger partial charge in [-0.05, 0) is 57.2 Å². The van der Waals surface area contributed by atoms with E-state index in [1.54, 1.807) is 43.3 Å². The first-order valence-corrected chi connectivity index (χ1v) is 9.33. The Morgan fingerprint density at radius 3 is 2.10 bits per heavy atom. The Morgan fingerprint density at radius 2 is 1.52 bits per heavy atom. The van der Waals surface area contributed by atoms with Crippen LogP contribution in [0.25, 0.3) is 0 Å². The number of para-hydroxylation sites is 1. The third-order valence-electron chi connectivity index (χ3n) is 4.45. The third-order valence-corrected chi connectivity index (χ3v) is 4.45. The number of anilines is 3. The number of rotatable bonds is 7. The van der Waals surface area contributed by atoms with E-state index in [0.29, 0.717) is 11.4 Å². The molecule has 0 aliphatic carbocycles. The van der Waals surface area contributed by atoms with Crippen molar-refractivity contribution in [1.29, 1.82) is 0 Å². The maximum Gasteiger partial charge on any atom is 0.340 e. The summed E-state index contributed by atoms with van der Waals surface area (Å²) in [4.78, 5) is 39.6. The predicted octanol–water partition coefficient (Wildman–Crippen LogP) is 3.53. The minimum Gasteiger partial charge on any atom is -0.462 e. The molecule has 7 nitrogen and oxygen atoms in total. The summed E-state index contributed by atoms with van der Waals surface area (Å²) in [5.74, 6) is -1.52. The van der Waals surface area contributed by atoms with Crippen LogP contribution in [0.4, 0.5) is 17.1 Å². The molecule has 0 atom stereocenters. The molecule has 0 aliphatic rings. The molecule has 0 radical (unpaired) electrons. The lowest BCUT2D eigenvalue weighted by molar-refractivity contribution is -0.135. The average Bonchev–Trinajstić information content (AvgIpc) is 2.68. The highest BCUT2D eigenvalue weighted by atomic mass is 16.5. The van der Waals surface area contributed by atoms with Crippen molar-refractivity contribution >= 4 is 34.8 Å². The van der Waals surface area contributed by atoms with E-state index < -0.39 is 23.2 Å². The van der Waals surface area contributed by atoms with Crippen molar-refractivity contribution in [2.75, 3.05) is 36.2 Å². The Kier molecular flexibility index (Phi) is 6.98.